The molecule has 1 saturated heterocycles. The van der Waals surface area contributed by atoms with Crippen LogP contribution in [0.5, 0.6) is 0 Å². The van der Waals surface area contributed by atoms with E-state index in [1.54, 1.807) is 0 Å². The quantitative estimate of drug-likeness (QED) is 0.473. The van der Waals surface area contributed by atoms with Gasteiger partial charge in [-0.05, 0) is 23.8 Å². The van der Waals surface area contributed by atoms with Crippen molar-refractivity contribution in [3.05, 3.63) is 47.2 Å². The Morgan fingerprint density at radius 1 is 1.18 bits per heavy atom. The molecule has 0 unspecified atom stereocenters. The number of rotatable bonds is 4. The highest BCUT2D eigenvalue weighted by molar-refractivity contribution is 6.15. The molecule has 1 aliphatic rings. The van der Waals surface area contributed by atoms with Crippen LogP contribution in [0.2, 0.25) is 0 Å². The molecule has 0 spiro atoms. The molecule has 1 heterocycles. The maximum atomic E-state index is 13.0. The van der Waals surface area contributed by atoms with Crippen LogP contribution in [-0.2, 0) is 34.8 Å². The zero-order valence-electron chi connectivity index (χ0n) is 15.0. The minimum atomic E-state index is -4.62. The molecule has 150 valence electrons. The molecule has 0 aliphatic carbocycles. The third kappa shape index (κ3) is 5.12. The Kier molecular flexibility index (Phi) is 5.81. The van der Waals surface area contributed by atoms with E-state index in [2.05, 4.69) is 10.1 Å². The maximum Gasteiger partial charge on any atom is 0.416 e. The summed E-state index contributed by atoms with van der Waals surface area (Å²) in [5, 5.41) is 2.46. The van der Waals surface area contributed by atoms with E-state index in [9.17, 15) is 27.6 Å². The van der Waals surface area contributed by atoms with Gasteiger partial charge in [0, 0.05) is 31.8 Å². The van der Waals surface area contributed by atoms with Gasteiger partial charge >= 0.3 is 24.1 Å². The van der Waals surface area contributed by atoms with Crippen molar-refractivity contribution in [1.29, 1.82) is 0 Å². The van der Waals surface area contributed by atoms with Crippen LogP contribution in [0.4, 0.5) is 18.9 Å². The van der Waals surface area contributed by atoms with Crippen molar-refractivity contribution in [1.82, 2.24) is 0 Å². The highest BCUT2D eigenvalue weighted by atomic mass is 19.4. The van der Waals surface area contributed by atoms with E-state index in [-0.39, 0.29) is 11.3 Å². The van der Waals surface area contributed by atoms with E-state index < -0.39 is 41.0 Å². The number of alkyl halides is 3. The van der Waals surface area contributed by atoms with E-state index in [0.29, 0.717) is 0 Å². The van der Waals surface area contributed by atoms with E-state index in [1.807, 2.05) is 0 Å². The van der Waals surface area contributed by atoms with Gasteiger partial charge in [-0.2, -0.15) is 13.2 Å². The Labute approximate surface area is 157 Å². The number of carbonyl (C=O) groups excluding carboxylic acids is 3. The predicted molar refractivity (Wildman–Crippen MR) is 90.5 cm³/mol. The molecule has 0 amide bonds. The average Bonchev–Trinajstić information content (AvgIpc) is 2.57. The SMILES string of the molecule is COC(=O)C=Cc1ccc(C(F)(F)F)cc1NC=C1C(=O)OC(C)(C)OC1=O. The Morgan fingerprint density at radius 3 is 2.32 bits per heavy atom. The van der Waals surface area contributed by atoms with Crippen LogP contribution in [0.1, 0.15) is 25.0 Å². The van der Waals surface area contributed by atoms with Crippen LogP contribution in [0.15, 0.2) is 36.0 Å². The summed E-state index contributed by atoms with van der Waals surface area (Å²) in [7, 11) is 1.14. The molecule has 0 atom stereocenters. The number of ether oxygens (including phenoxy) is 3. The topological polar surface area (TPSA) is 90.9 Å². The number of hydrogen-bond acceptors (Lipinski definition) is 7. The van der Waals surface area contributed by atoms with Gasteiger partial charge in [-0.1, -0.05) is 6.07 Å². The molecule has 7 nitrogen and oxygen atoms in total. The second-order valence-electron chi connectivity index (χ2n) is 6.04. The number of carbonyl (C=O) groups is 3. The number of methoxy groups -OCH3 is 1. The lowest BCUT2D eigenvalue weighted by molar-refractivity contribution is -0.222. The third-order valence-corrected chi connectivity index (χ3v) is 3.47. The summed E-state index contributed by atoms with van der Waals surface area (Å²) in [6.07, 6.45) is -1.52. The molecule has 1 aromatic carbocycles. The van der Waals surface area contributed by atoms with Crippen molar-refractivity contribution < 1.29 is 41.8 Å². The molecule has 0 radical (unpaired) electrons. The average molecular weight is 399 g/mol. The molecule has 1 aliphatic heterocycles. The summed E-state index contributed by atoms with van der Waals surface area (Å²) < 4.78 is 53.2. The summed E-state index contributed by atoms with van der Waals surface area (Å²) in [5.74, 6) is -4.15. The normalized spacial score (nSPS) is 16.4. The van der Waals surface area contributed by atoms with Crippen LogP contribution < -0.4 is 5.32 Å². The third-order valence-electron chi connectivity index (χ3n) is 3.47. The van der Waals surface area contributed by atoms with Gasteiger partial charge in [-0.25, -0.2) is 14.4 Å². The Hall–Kier alpha value is -3.30. The van der Waals surface area contributed by atoms with Gasteiger partial charge < -0.3 is 19.5 Å². The first-order chi connectivity index (χ1) is 12.9. The van der Waals surface area contributed by atoms with Gasteiger partial charge in [0.2, 0.25) is 0 Å². The molecule has 0 bridgehead atoms. The number of hydrogen-bond donors (Lipinski definition) is 1. The summed E-state index contributed by atoms with van der Waals surface area (Å²) in [5.41, 5.74) is -1.45. The monoisotopic (exact) mass is 399 g/mol. The number of halogens is 3. The first kappa shape index (κ1) is 21.0. The molecule has 2 rings (SSSR count). The smallest absolute Gasteiger partial charge is 0.416 e. The second kappa shape index (κ2) is 7.75. The molecule has 0 saturated carbocycles. The van der Waals surface area contributed by atoms with Gasteiger partial charge in [-0.3, -0.25) is 0 Å². The fourth-order valence-electron chi connectivity index (χ4n) is 2.16. The largest absolute Gasteiger partial charge is 0.466 e. The van der Waals surface area contributed by atoms with Gasteiger partial charge in [0.05, 0.1) is 12.7 Å². The predicted octanol–water partition coefficient (Wildman–Crippen LogP) is 3.02. The minimum Gasteiger partial charge on any atom is -0.466 e. The summed E-state index contributed by atoms with van der Waals surface area (Å²) in [6, 6.07) is 2.70. The van der Waals surface area contributed by atoms with Crippen molar-refractivity contribution in [2.75, 3.05) is 12.4 Å². The Bertz CT molecular complexity index is 849. The summed E-state index contributed by atoms with van der Waals surface area (Å²) >= 11 is 0. The van der Waals surface area contributed by atoms with E-state index in [1.165, 1.54) is 19.9 Å². The molecule has 1 aromatic rings. The molecule has 10 heteroatoms. The molecule has 28 heavy (non-hydrogen) atoms. The fourth-order valence-corrected chi connectivity index (χ4v) is 2.16. The zero-order chi connectivity index (χ0) is 21.1. The lowest BCUT2D eigenvalue weighted by Gasteiger charge is -2.29. The van der Waals surface area contributed by atoms with Crippen molar-refractivity contribution in [2.45, 2.75) is 25.8 Å². The number of cyclic esters (lactones) is 2. The first-order valence-corrected chi connectivity index (χ1v) is 7.83. The van der Waals surface area contributed by atoms with Crippen LogP contribution in [0.3, 0.4) is 0 Å². The Morgan fingerprint density at radius 2 is 1.79 bits per heavy atom. The minimum absolute atomic E-state index is 0.118. The Balaban J connectivity index is 2.39. The van der Waals surface area contributed by atoms with Crippen LogP contribution >= 0.6 is 0 Å². The van der Waals surface area contributed by atoms with Gasteiger partial charge in [0.1, 0.15) is 0 Å². The van der Waals surface area contributed by atoms with Gasteiger partial charge in [-0.15, -0.1) is 0 Å². The van der Waals surface area contributed by atoms with Crippen molar-refractivity contribution in [3.63, 3.8) is 0 Å². The highest BCUT2D eigenvalue weighted by Crippen LogP contribution is 2.33. The maximum absolute atomic E-state index is 13.0. The highest BCUT2D eigenvalue weighted by Gasteiger charge is 2.39. The standard InChI is InChI=1S/C18H16F3NO6/c1-17(2)27-15(24)12(16(25)28-17)9-22-13-8-11(18(19,20)21)6-4-10(13)5-7-14(23)26-3/h4-9,22H,1-3H3. The van der Waals surface area contributed by atoms with Gasteiger partial charge in [0.15, 0.2) is 5.57 Å². The van der Waals surface area contributed by atoms with Crippen LogP contribution in [-0.4, -0.2) is 30.8 Å². The van der Waals surface area contributed by atoms with Crippen LogP contribution in [0.25, 0.3) is 6.08 Å². The van der Waals surface area contributed by atoms with Crippen LogP contribution in [0, 0.1) is 0 Å². The number of nitrogens with one attached hydrogen (secondary N) is 1. The first-order valence-electron chi connectivity index (χ1n) is 7.83. The van der Waals surface area contributed by atoms with E-state index in [4.69, 9.17) is 9.47 Å². The van der Waals surface area contributed by atoms with E-state index in [0.717, 1.165) is 37.6 Å². The summed E-state index contributed by atoms with van der Waals surface area (Å²) in [6.45, 7) is 2.71. The second-order valence-corrected chi connectivity index (χ2v) is 6.04. The van der Waals surface area contributed by atoms with Crippen molar-refractivity contribution >= 4 is 29.7 Å². The van der Waals surface area contributed by atoms with Crippen molar-refractivity contribution in [3.8, 4) is 0 Å². The fraction of sp³-hybridized carbons (Fsp3) is 0.278. The summed E-state index contributed by atoms with van der Waals surface area (Å²) in [4.78, 5) is 35.1. The molecule has 1 N–H and O–H groups in total. The van der Waals surface area contributed by atoms with Gasteiger partial charge in [0.25, 0.3) is 5.79 Å². The lowest BCUT2D eigenvalue weighted by Crippen LogP contribution is -2.42. The number of esters is 3. The van der Waals surface area contributed by atoms with E-state index >= 15 is 0 Å². The lowest BCUT2D eigenvalue weighted by atomic mass is 10.1. The molecule has 0 aromatic heterocycles. The molecular formula is C18H16F3NO6. The van der Waals surface area contributed by atoms with Crippen molar-refractivity contribution in [2.24, 2.45) is 0 Å². The molecule has 1 fully saturated rings. The number of benzene rings is 1. The molecular weight excluding hydrogens is 383 g/mol. The zero-order valence-corrected chi connectivity index (χ0v) is 15.0. The number of anilines is 1.